The van der Waals surface area contributed by atoms with E-state index in [2.05, 4.69) is 30.6 Å². The van der Waals surface area contributed by atoms with Gasteiger partial charge in [-0.25, -0.2) is 28.7 Å². The molecular weight excluding hydrogens is 514 g/mol. The number of benzene rings is 2. The van der Waals surface area contributed by atoms with Crippen LogP contribution in [-0.4, -0.2) is 44.7 Å². The van der Waals surface area contributed by atoms with Crippen LogP contribution >= 0.6 is 0 Å². The summed E-state index contributed by atoms with van der Waals surface area (Å²) in [4.78, 5) is 17.4. The van der Waals surface area contributed by atoms with Gasteiger partial charge in [0.1, 0.15) is 41.3 Å². The van der Waals surface area contributed by atoms with Crippen LogP contribution in [-0.2, 0) is 11.3 Å². The summed E-state index contributed by atoms with van der Waals surface area (Å²) in [5, 5.41) is 6.98. The lowest BCUT2D eigenvalue weighted by molar-refractivity contribution is -0.0806. The molecule has 3 unspecified atom stereocenters. The second-order valence-electron chi connectivity index (χ2n) is 10.6. The molecule has 0 saturated carbocycles. The van der Waals surface area contributed by atoms with Crippen molar-refractivity contribution in [1.29, 1.82) is 0 Å². The molecule has 2 aromatic carbocycles. The smallest absolute Gasteiger partial charge is 0.168 e. The maximum atomic E-state index is 14.4. The fraction of sp³-hybridized carbons (Fsp3) is 0.333. The third-order valence-electron chi connectivity index (χ3n) is 7.53. The summed E-state index contributed by atoms with van der Waals surface area (Å²) in [6.07, 6.45) is 7.05. The molecule has 8 nitrogen and oxygen atoms in total. The van der Waals surface area contributed by atoms with Gasteiger partial charge in [-0.3, -0.25) is 0 Å². The van der Waals surface area contributed by atoms with E-state index in [9.17, 15) is 8.78 Å². The van der Waals surface area contributed by atoms with Gasteiger partial charge in [0.05, 0.1) is 24.5 Å². The van der Waals surface area contributed by atoms with Gasteiger partial charge in [-0.05, 0) is 48.2 Å². The first kappa shape index (κ1) is 26.4. The molecule has 0 radical (unpaired) electrons. The van der Waals surface area contributed by atoms with Gasteiger partial charge in [-0.2, -0.15) is 0 Å². The zero-order valence-corrected chi connectivity index (χ0v) is 22.3. The maximum absolute atomic E-state index is 14.4. The van der Waals surface area contributed by atoms with Gasteiger partial charge in [0.15, 0.2) is 5.75 Å². The van der Waals surface area contributed by atoms with E-state index in [1.165, 1.54) is 36.9 Å². The fourth-order valence-electron chi connectivity index (χ4n) is 5.45. The average molecular weight is 545 g/mol. The van der Waals surface area contributed by atoms with E-state index in [1.807, 2.05) is 13.8 Å². The summed E-state index contributed by atoms with van der Waals surface area (Å²) in [7, 11) is 0. The van der Waals surface area contributed by atoms with Crippen LogP contribution in [0.1, 0.15) is 49.2 Å². The van der Waals surface area contributed by atoms with Crippen LogP contribution in [0.5, 0.6) is 11.5 Å². The quantitative estimate of drug-likeness (QED) is 0.317. The molecule has 0 aliphatic carbocycles. The number of hydrogen-bond donors (Lipinski definition) is 2. The maximum Gasteiger partial charge on any atom is 0.168 e. The molecular formula is C30H30F2N6O2. The Kier molecular flexibility index (Phi) is 7.22. The Balaban J connectivity index is 1.23. The molecule has 4 heterocycles. The van der Waals surface area contributed by atoms with E-state index in [1.54, 1.807) is 30.6 Å². The molecule has 0 amide bonds. The van der Waals surface area contributed by atoms with Crippen molar-refractivity contribution in [1.82, 2.24) is 30.6 Å². The highest BCUT2D eigenvalue weighted by atomic mass is 19.1. The first-order chi connectivity index (χ1) is 19.4. The summed E-state index contributed by atoms with van der Waals surface area (Å²) in [6.45, 7) is 5.91. The first-order valence-electron chi connectivity index (χ1n) is 13.3. The largest absolute Gasteiger partial charge is 0.453 e. The molecule has 2 aliphatic rings. The first-order valence-corrected chi connectivity index (χ1v) is 13.3. The molecule has 2 aromatic heterocycles. The van der Waals surface area contributed by atoms with E-state index < -0.39 is 5.60 Å². The van der Waals surface area contributed by atoms with E-state index in [-0.39, 0.29) is 29.6 Å². The lowest BCUT2D eigenvalue weighted by Gasteiger charge is -2.46. The Hall–Kier alpha value is -3.86. The van der Waals surface area contributed by atoms with Crippen molar-refractivity contribution in [2.45, 2.75) is 50.4 Å². The third-order valence-corrected chi connectivity index (χ3v) is 7.53. The minimum absolute atomic E-state index is 0.105. The van der Waals surface area contributed by atoms with Crippen LogP contribution < -0.4 is 15.4 Å². The van der Waals surface area contributed by atoms with Crippen LogP contribution in [0, 0.1) is 11.6 Å². The Morgan fingerprint density at radius 3 is 2.55 bits per heavy atom. The van der Waals surface area contributed by atoms with Crippen LogP contribution in [0.4, 0.5) is 8.78 Å². The van der Waals surface area contributed by atoms with Crippen molar-refractivity contribution in [3.05, 3.63) is 96.1 Å². The van der Waals surface area contributed by atoms with E-state index >= 15 is 0 Å². The lowest BCUT2D eigenvalue weighted by atomic mass is 9.80. The van der Waals surface area contributed by atoms with Crippen LogP contribution in [0.15, 0.2) is 67.5 Å². The molecule has 40 heavy (non-hydrogen) atoms. The lowest BCUT2D eigenvalue weighted by Crippen LogP contribution is -2.62. The van der Waals surface area contributed by atoms with Crippen molar-refractivity contribution < 1.29 is 18.3 Å². The van der Waals surface area contributed by atoms with Gasteiger partial charge in [0.2, 0.25) is 0 Å². The summed E-state index contributed by atoms with van der Waals surface area (Å²) in [6, 6.07) is 10.8. The van der Waals surface area contributed by atoms with Crippen molar-refractivity contribution in [3.63, 3.8) is 0 Å². The highest BCUT2D eigenvalue weighted by Gasteiger charge is 2.55. The molecule has 2 saturated heterocycles. The Bertz CT molecular complexity index is 1500. The van der Waals surface area contributed by atoms with Crippen molar-refractivity contribution in [2.24, 2.45) is 0 Å². The Morgan fingerprint density at radius 1 is 1.00 bits per heavy atom. The number of rotatable bonds is 8. The van der Waals surface area contributed by atoms with Crippen molar-refractivity contribution >= 4 is 0 Å². The average Bonchev–Trinajstić information content (AvgIpc) is 3.41. The molecule has 1 spiro atoms. The second kappa shape index (κ2) is 11.0. The monoisotopic (exact) mass is 544 g/mol. The zero-order valence-electron chi connectivity index (χ0n) is 22.3. The van der Waals surface area contributed by atoms with Gasteiger partial charge in [-0.1, -0.05) is 26.0 Å². The predicted octanol–water partition coefficient (Wildman–Crippen LogP) is 5.09. The van der Waals surface area contributed by atoms with Gasteiger partial charge in [0.25, 0.3) is 0 Å². The van der Waals surface area contributed by atoms with E-state index in [4.69, 9.17) is 9.47 Å². The van der Waals surface area contributed by atoms with Crippen LogP contribution in [0.2, 0.25) is 0 Å². The fourth-order valence-corrected chi connectivity index (χ4v) is 5.45. The SMILES string of the molecule is CC(C)c1ncncc1-c1cc(F)ccc1Oc1cncnc1C1NCC12CC(NCc1ccc(F)cc1)CO2. The molecule has 2 N–H and O–H groups in total. The summed E-state index contributed by atoms with van der Waals surface area (Å²) in [5.41, 5.74) is 3.29. The van der Waals surface area contributed by atoms with Gasteiger partial charge in [-0.15, -0.1) is 0 Å². The number of nitrogens with one attached hydrogen (secondary N) is 2. The molecule has 4 aromatic rings. The summed E-state index contributed by atoms with van der Waals surface area (Å²) < 4.78 is 40.4. The predicted molar refractivity (Wildman–Crippen MR) is 145 cm³/mol. The summed E-state index contributed by atoms with van der Waals surface area (Å²) in [5.74, 6) is 0.384. The number of aromatic nitrogens is 4. The molecule has 0 bridgehead atoms. The van der Waals surface area contributed by atoms with Gasteiger partial charge < -0.3 is 20.1 Å². The molecule has 2 fully saturated rings. The minimum Gasteiger partial charge on any atom is -0.453 e. The molecule has 10 heteroatoms. The molecule has 6 rings (SSSR count). The topological polar surface area (TPSA) is 94.1 Å². The Morgan fingerprint density at radius 2 is 1.77 bits per heavy atom. The summed E-state index contributed by atoms with van der Waals surface area (Å²) >= 11 is 0. The van der Waals surface area contributed by atoms with Crippen molar-refractivity contribution in [3.8, 4) is 22.6 Å². The highest BCUT2D eigenvalue weighted by Crippen LogP contribution is 2.46. The highest BCUT2D eigenvalue weighted by molar-refractivity contribution is 5.72. The molecule has 2 aliphatic heterocycles. The van der Waals surface area contributed by atoms with Gasteiger partial charge in [0, 0.05) is 36.5 Å². The van der Waals surface area contributed by atoms with Gasteiger partial charge >= 0.3 is 0 Å². The third kappa shape index (κ3) is 5.17. The normalized spacial score (nSPS) is 22.0. The number of ether oxygens (including phenoxy) is 2. The standard InChI is InChI=1S/C30H30F2N6O2/c1-18(2)27-24(12-33-16-37-27)23-9-21(32)7-8-25(23)40-26-13-34-17-38-28(26)29-30(15-36-29)10-22(14-39-30)35-11-19-3-5-20(31)6-4-19/h3-9,12-13,16-18,22,29,35-36H,10-11,14-15H2,1-2H3. The molecule has 3 atom stereocenters. The van der Waals surface area contributed by atoms with E-state index in [0.717, 1.165) is 17.7 Å². The van der Waals surface area contributed by atoms with Crippen LogP contribution in [0.3, 0.4) is 0 Å². The minimum atomic E-state index is -0.448. The number of hydrogen-bond acceptors (Lipinski definition) is 8. The Labute approximate surface area is 231 Å². The van der Waals surface area contributed by atoms with E-state index in [0.29, 0.717) is 48.0 Å². The zero-order chi connectivity index (χ0) is 27.7. The van der Waals surface area contributed by atoms with Crippen LogP contribution in [0.25, 0.3) is 11.1 Å². The van der Waals surface area contributed by atoms with Crippen molar-refractivity contribution in [2.75, 3.05) is 13.2 Å². The number of halogens is 2. The second-order valence-corrected chi connectivity index (χ2v) is 10.6. The number of nitrogens with zero attached hydrogens (tertiary/aromatic N) is 4. The molecule has 206 valence electrons.